The van der Waals surface area contributed by atoms with Crippen molar-refractivity contribution in [3.05, 3.63) is 68.3 Å². The zero-order chi connectivity index (χ0) is 19.6. The zero-order valence-electron chi connectivity index (χ0n) is 13.9. The predicted molar refractivity (Wildman–Crippen MR) is 112 cm³/mol. The number of rotatable bonds is 4. The number of hydrogen-bond acceptors (Lipinski definition) is 4. The summed E-state index contributed by atoms with van der Waals surface area (Å²) in [6.07, 6.45) is -3.77. The Kier molecular flexibility index (Phi) is 5.89. The number of nitrogens with one attached hydrogen (secondary N) is 1. The fourth-order valence-corrected chi connectivity index (χ4v) is 2.91. The molecule has 0 saturated carbocycles. The molecule has 0 atom stereocenters. The molecule has 3 aromatic rings. The van der Waals surface area contributed by atoms with Crippen LogP contribution < -0.4 is 10.2 Å². The van der Waals surface area contributed by atoms with Crippen molar-refractivity contribution in [2.45, 2.75) is 6.18 Å². The van der Waals surface area contributed by atoms with Crippen LogP contribution in [0.2, 0.25) is 0 Å². The Balaban J connectivity index is 1.99. The molecule has 0 aliphatic heterocycles. The second kappa shape index (κ2) is 8.01. The van der Waals surface area contributed by atoms with E-state index in [9.17, 15) is 13.2 Å². The van der Waals surface area contributed by atoms with E-state index >= 15 is 0 Å². The second-order valence-electron chi connectivity index (χ2n) is 5.60. The molecule has 1 aromatic heterocycles. The topological polar surface area (TPSA) is 41.1 Å². The number of halogens is 5. The van der Waals surface area contributed by atoms with Gasteiger partial charge in [-0.15, -0.1) is 0 Å². The first kappa shape index (κ1) is 19.9. The van der Waals surface area contributed by atoms with Gasteiger partial charge in [0, 0.05) is 32.7 Å². The molecule has 0 unspecified atom stereocenters. The molecule has 4 nitrogen and oxygen atoms in total. The van der Waals surface area contributed by atoms with Gasteiger partial charge in [-0.1, -0.05) is 15.9 Å². The molecule has 0 aliphatic carbocycles. The molecule has 0 bridgehead atoms. The van der Waals surface area contributed by atoms with E-state index in [1.165, 1.54) is 0 Å². The lowest BCUT2D eigenvalue weighted by atomic mass is 10.2. The van der Waals surface area contributed by atoms with Gasteiger partial charge in [0.2, 0.25) is 5.95 Å². The van der Waals surface area contributed by atoms with Crippen molar-refractivity contribution in [1.29, 1.82) is 0 Å². The number of nitrogens with zero attached hydrogens (tertiary/aromatic N) is 3. The van der Waals surface area contributed by atoms with E-state index in [0.717, 1.165) is 19.9 Å². The molecule has 2 aromatic carbocycles. The minimum atomic E-state index is -4.57. The Morgan fingerprint density at radius 2 is 1.67 bits per heavy atom. The van der Waals surface area contributed by atoms with Crippen LogP contribution >= 0.6 is 38.5 Å². The summed E-state index contributed by atoms with van der Waals surface area (Å²) in [5.74, 6) is -0.143. The van der Waals surface area contributed by atoms with E-state index in [1.54, 1.807) is 36.2 Å². The SMILES string of the molecule is CN(c1ccc(I)cc1)c1ncc(C(F)(F)F)c(Nc2ccc(Br)cc2)n1. The Morgan fingerprint density at radius 3 is 2.26 bits per heavy atom. The molecule has 0 saturated heterocycles. The van der Waals surface area contributed by atoms with Gasteiger partial charge in [-0.05, 0) is 71.1 Å². The molecule has 0 amide bonds. The van der Waals surface area contributed by atoms with Crippen LogP contribution in [-0.2, 0) is 6.18 Å². The standard InChI is InChI=1S/C18H13BrF3IN4/c1-27(14-8-4-12(23)5-9-14)17-24-10-15(18(20,21)22)16(26-17)25-13-6-2-11(19)3-7-13/h2-10H,1H3,(H,24,25,26). The van der Waals surface area contributed by atoms with Crippen molar-refractivity contribution < 1.29 is 13.2 Å². The first-order valence-corrected chi connectivity index (χ1v) is 9.57. The maximum Gasteiger partial charge on any atom is 0.421 e. The van der Waals surface area contributed by atoms with Gasteiger partial charge in [-0.25, -0.2) is 4.98 Å². The molecule has 27 heavy (non-hydrogen) atoms. The van der Waals surface area contributed by atoms with Gasteiger partial charge in [-0.2, -0.15) is 18.2 Å². The van der Waals surface area contributed by atoms with Gasteiger partial charge < -0.3 is 10.2 Å². The van der Waals surface area contributed by atoms with Gasteiger partial charge in [0.25, 0.3) is 0 Å². The van der Waals surface area contributed by atoms with E-state index in [2.05, 4.69) is 53.8 Å². The lowest BCUT2D eigenvalue weighted by Crippen LogP contribution is -2.17. The van der Waals surface area contributed by atoms with Crippen LogP contribution in [-0.4, -0.2) is 17.0 Å². The average Bonchev–Trinajstić information content (AvgIpc) is 2.63. The van der Waals surface area contributed by atoms with Crippen LogP contribution in [0.5, 0.6) is 0 Å². The largest absolute Gasteiger partial charge is 0.421 e. The summed E-state index contributed by atoms with van der Waals surface area (Å²) in [6, 6.07) is 14.3. The number of benzene rings is 2. The lowest BCUT2D eigenvalue weighted by Gasteiger charge is -2.20. The average molecular weight is 549 g/mol. The highest BCUT2D eigenvalue weighted by Crippen LogP contribution is 2.36. The monoisotopic (exact) mass is 548 g/mol. The normalized spacial score (nSPS) is 11.3. The van der Waals surface area contributed by atoms with Crippen molar-refractivity contribution in [2.24, 2.45) is 0 Å². The molecule has 1 N–H and O–H groups in total. The van der Waals surface area contributed by atoms with Crippen LogP contribution in [0.1, 0.15) is 5.56 Å². The number of alkyl halides is 3. The zero-order valence-corrected chi connectivity index (χ0v) is 17.7. The van der Waals surface area contributed by atoms with Crippen molar-refractivity contribution in [2.75, 3.05) is 17.3 Å². The molecule has 0 fully saturated rings. The Hall–Kier alpha value is -1.88. The Labute approximate surface area is 176 Å². The summed E-state index contributed by atoms with van der Waals surface area (Å²) in [7, 11) is 1.70. The van der Waals surface area contributed by atoms with Crippen LogP contribution in [0, 0.1) is 3.57 Å². The molecule has 140 valence electrons. The van der Waals surface area contributed by atoms with Crippen molar-refractivity contribution in [3.8, 4) is 0 Å². The highest BCUT2D eigenvalue weighted by molar-refractivity contribution is 14.1. The summed E-state index contributed by atoms with van der Waals surface area (Å²) in [5, 5.41) is 2.74. The van der Waals surface area contributed by atoms with Gasteiger partial charge in [0.05, 0.1) is 0 Å². The smallest absolute Gasteiger partial charge is 0.340 e. The van der Waals surface area contributed by atoms with E-state index in [-0.39, 0.29) is 11.8 Å². The van der Waals surface area contributed by atoms with E-state index < -0.39 is 11.7 Å². The third kappa shape index (κ3) is 4.89. The van der Waals surface area contributed by atoms with Gasteiger partial charge in [0.15, 0.2) is 0 Å². The Bertz CT molecular complexity index is 931. The van der Waals surface area contributed by atoms with Gasteiger partial charge in [0.1, 0.15) is 11.4 Å². The van der Waals surface area contributed by atoms with E-state index in [1.807, 2.05) is 24.3 Å². The third-order valence-corrected chi connectivity index (χ3v) is 4.95. The van der Waals surface area contributed by atoms with Crippen molar-refractivity contribution in [3.63, 3.8) is 0 Å². The molecule has 3 rings (SSSR count). The maximum absolute atomic E-state index is 13.4. The number of aromatic nitrogens is 2. The summed E-state index contributed by atoms with van der Waals surface area (Å²) < 4.78 is 42.0. The van der Waals surface area contributed by atoms with Gasteiger partial charge >= 0.3 is 6.18 Å². The van der Waals surface area contributed by atoms with Crippen molar-refractivity contribution in [1.82, 2.24) is 9.97 Å². The summed E-state index contributed by atoms with van der Waals surface area (Å²) >= 11 is 5.48. The number of anilines is 4. The number of hydrogen-bond donors (Lipinski definition) is 1. The quantitative estimate of drug-likeness (QED) is 0.384. The van der Waals surface area contributed by atoms with Crippen LogP contribution in [0.3, 0.4) is 0 Å². The summed E-state index contributed by atoms with van der Waals surface area (Å²) in [6.45, 7) is 0. The molecule has 1 heterocycles. The van der Waals surface area contributed by atoms with Gasteiger partial charge in [-0.3, -0.25) is 0 Å². The highest BCUT2D eigenvalue weighted by atomic mass is 127. The fourth-order valence-electron chi connectivity index (χ4n) is 2.29. The molecular formula is C18H13BrF3IN4. The second-order valence-corrected chi connectivity index (χ2v) is 7.76. The van der Waals surface area contributed by atoms with E-state index in [4.69, 9.17) is 0 Å². The van der Waals surface area contributed by atoms with Crippen LogP contribution in [0.25, 0.3) is 0 Å². The summed E-state index contributed by atoms with van der Waals surface area (Å²) in [5.41, 5.74) is 0.334. The minimum absolute atomic E-state index is 0.156. The maximum atomic E-state index is 13.4. The first-order valence-electron chi connectivity index (χ1n) is 7.70. The third-order valence-electron chi connectivity index (χ3n) is 3.70. The molecule has 0 aliphatic rings. The first-order chi connectivity index (χ1) is 12.7. The fraction of sp³-hybridized carbons (Fsp3) is 0.111. The van der Waals surface area contributed by atoms with E-state index in [0.29, 0.717) is 5.69 Å². The molecule has 9 heteroatoms. The molecular weight excluding hydrogens is 536 g/mol. The highest BCUT2D eigenvalue weighted by Gasteiger charge is 2.35. The minimum Gasteiger partial charge on any atom is -0.340 e. The summed E-state index contributed by atoms with van der Waals surface area (Å²) in [4.78, 5) is 9.66. The molecule has 0 spiro atoms. The van der Waals surface area contributed by atoms with Crippen LogP contribution in [0.15, 0.2) is 59.2 Å². The predicted octanol–water partition coefficient (Wildman–Crippen LogP) is 6.37. The van der Waals surface area contributed by atoms with Crippen LogP contribution in [0.4, 0.5) is 36.3 Å². The Morgan fingerprint density at radius 1 is 1.04 bits per heavy atom. The molecule has 0 radical (unpaired) electrons. The van der Waals surface area contributed by atoms with Crippen molar-refractivity contribution >= 4 is 61.7 Å². The lowest BCUT2D eigenvalue weighted by molar-refractivity contribution is -0.137.